The van der Waals surface area contributed by atoms with Crippen LogP contribution in [0.3, 0.4) is 0 Å². The lowest BCUT2D eigenvalue weighted by Gasteiger charge is -2.24. The molecule has 0 saturated carbocycles. The first-order valence-electron chi connectivity index (χ1n) is 7.33. The van der Waals surface area contributed by atoms with Crippen molar-refractivity contribution in [2.45, 2.75) is 38.6 Å². The van der Waals surface area contributed by atoms with E-state index in [9.17, 15) is 5.26 Å². The van der Waals surface area contributed by atoms with Crippen molar-refractivity contribution >= 4 is 0 Å². The molecule has 110 valence electrons. The van der Waals surface area contributed by atoms with Crippen molar-refractivity contribution in [3.8, 4) is 6.07 Å². The van der Waals surface area contributed by atoms with Gasteiger partial charge >= 0.3 is 0 Å². The zero-order chi connectivity index (χ0) is 14.8. The Morgan fingerprint density at radius 2 is 2.05 bits per heavy atom. The maximum Gasteiger partial charge on any atom is 0.103 e. The predicted octanol–water partition coefficient (Wildman–Crippen LogP) is 2.23. The van der Waals surface area contributed by atoms with E-state index >= 15 is 0 Å². The van der Waals surface area contributed by atoms with Crippen LogP contribution in [0.1, 0.15) is 32.3 Å². The molecule has 0 amide bonds. The van der Waals surface area contributed by atoms with Crippen LogP contribution < -0.4 is 5.32 Å². The highest BCUT2D eigenvalue weighted by Crippen LogP contribution is 2.11. The standard InChI is InChI=1S/C16H26N4/c1-4-19-16(2,14-17)9-5-12-20(3)13-8-15-6-10-18-11-7-15/h6-7,10-11,19H,4-5,8-9,12-13H2,1-3H3. The molecule has 20 heavy (non-hydrogen) atoms. The van der Waals surface area contributed by atoms with Crippen LogP contribution in [0.2, 0.25) is 0 Å². The fourth-order valence-corrected chi connectivity index (χ4v) is 2.26. The van der Waals surface area contributed by atoms with Crippen LogP contribution in [-0.4, -0.2) is 42.1 Å². The van der Waals surface area contributed by atoms with Crippen LogP contribution >= 0.6 is 0 Å². The fraction of sp³-hybridized carbons (Fsp3) is 0.625. The molecule has 0 aliphatic carbocycles. The molecule has 0 aliphatic rings. The number of rotatable bonds is 9. The van der Waals surface area contributed by atoms with E-state index < -0.39 is 0 Å². The number of hydrogen-bond acceptors (Lipinski definition) is 4. The molecule has 1 aromatic rings. The van der Waals surface area contributed by atoms with Crippen LogP contribution in [0.5, 0.6) is 0 Å². The molecule has 1 unspecified atom stereocenters. The van der Waals surface area contributed by atoms with Crippen molar-refractivity contribution in [3.05, 3.63) is 30.1 Å². The SMILES string of the molecule is CCNC(C)(C#N)CCCN(C)CCc1ccncc1. The van der Waals surface area contributed by atoms with Gasteiger partial charge in [-0.05, 0) is 64.0 Å². The Hall–Kier alpha value is -1.44. The molecule has 0 aliphatic heterocycles. The van der Waals surface area contributed by atoms with E-state index in [0.29, 0.717) is 0 Å². The third-order valence-electron chi connectivity index (χ3n) is 3.56. The van der Waals surface area contributed by atoms with Crippen LogP contribution in [0.25, 0.3) is 0 Å². The van der Waals surface area contributed by atoms with Crippen LogP contribution in [-0.2, 0) is 6.42 Å². The van der Waals surface area contributed by atoms with Gasteiger partial charge in [0.2, 0.25) is 0 Å². The Kier molecular flexibility index (Phi) is 7.21. The molecular formula is C16H26N4. The zero-order valence-corrected chi connectivity index (χ0v) is 12.9. The average Bonchev–Trinajstić information content (AvgIpc) is 2.46. The molecule has 0 radical (unpaired) electrons. The minimum absolute atomic E-state index is 0.388. The molecular weight excluding hydrogens is 248 g/mol. The highest BCUT2D eigenvalue weighted by Gasteiger charge is 2.21. The average molecular weight is 274 g/mol. The van der Waals surface area contributed by atoms with Gasteiger partial charge in [-0.25, -0.2) is 0 Å². The number of nitrogens with zero attached hydrogens (tertiary/aromatic N) is 3. The first kappa shape index (κ1) is 16.6. The molecule has 4 heteroatoms. The first-order chi connectivity index (χ1) is 9.59. The summed E-state index contributed by atoms with van der Waals surface area (Å²) in [5.41, 5.74) is 0.933. The van der Waals surface area contributed by atoms with E-state index in [-0.39, 0.29) is 5.54 Å². The van der Waals surface area contributed by atoms with Crippen molar-refractivity contribution in [1.29, 1.82) is 5.26 Å². The number of nitriles is 1. The highest BCUT2D eigenvalue weighted by molar-refractivity contribution is 5.09. The van der Waals surface area contributed by atoms with Crippen LogP contribution in [0.15, 0.2) is 24.5 Å². The lowest BCUT2D eigenvalue weighted by atomic mass is 9.97. The molecule has 1 rings (SSSR count). The van der Waals surface area contributed by atoms with E-state index in [4.69, 9.17) is 0 Å². The third kappa shape index (κ3) is 6.14. The Balaban J connectivity index is 2.23. The summed E-state index contributed by atoms with van der Waals surface area (Å²) in [5.74, 6) is 0. The Morgan fingerprint density at radius 1 is 1.35 bits per heavy atom. The van der Waals surface area contributed by atoms with Gasteiger partial charge in [0.1, 0.15) is 5.54 Å². The number of likely N-dealkylation sites (N-methyl/N-ethyl adjacent to an activating group) is 1. The van der Waals surface area contributed by atoms with Crippen molar-refractivity contribution < 1.29 is 0 Å². The van der Waals surface area contributed by atoms with Crippen molar-refractivity contribution in [1.82, 2.24) is 15.2 Å². The van der Waals surface area contributed by atoms with Gasteiger partial charge in [-0.2, -0.15) is 5.26 Å². The molecule has 1 heterocycles. The molecule has 1 aromatic heterocycles. The monoisotopic (exact) mass is 274 g/mol. The molecule has 0 bridgehead atoms. The van der Waals surface area contributed by atoms with Crippen LogP contribution in [0, 0.1) is 11.3 Å². The number of hydrogen-bond donors (Lipinski definition) is 1. The Morgan fingerprint density at radius 3 is 2.65 bits per heavy atom. The van der Waals surface area contributed by atoms with Crippen LogP contribution in [0.4, 0.5) is 0 Å². The summed E-state index contributed by atoms with van der Waals surface area (Å²) >= 11 is 0. The molecule has 0 spiro atoms. The van der Waals surface area contributed by atoms with Gasteiger partial charge < -0.3 is 4.90 Å². The van der Waals surface area contributed by atoms with E-state index in [1.807, 2.05) is 26.2 Å². The van der Waals surface area contributed by atoms with Gasteiger partial charge in [0.05, 0.1) is 6.07 Å². The molecule has 1 atom stereocenters. The Labute approximate surface area is 122 Å². The second kappa shape index (κ2) is 8.68. The van der Waals surface area contributed by atoms with Gasteiger partial charge in [0.15, 0.2) is 0 Å². The van der Waals surface area contributed by atoms with Crippen molar-refractivity contribution in [3.63, 3.8) is 0 Å². The van der Waals surface area contributed by atoms with E-state index in [1.54, 1.807) is 0 Å². The van der Waals surface area contributed by atoms with Gasteiger partial charge in [0, 0.05) is 18.9 Å². The minimum atomic E-state index is -0.388. The summed E-state index contributed by atoms with van der Waals surface area (Å²) in [7, 11) is 2.14. The summed E-state index contributed by atoms with van der Waals surface area (Å²) in [6, 6.07) is 6.50. The third-order valence-corrected chi connectivity index (χ3v) is 3.56. The highest BCUT2D eigenvalue weighted by atomic mass is 15.1. The molecule has 0 saturated heterocycles. The number of pyridine rings is 1. The second-order valence-electron chi connectivity index (χ2n) is 5.49. The lowest BCUT2D eigenvalue weighted by Crippen LogP contribution is -2.41. The molecule has 1 N–H and O–H groups in total. The molecule has 4 nitrogen and oxygen atoms in total. The fourth-order valence-electron chi connectivity index (χ4n) is 2.26. The van der Waals surface area contributed by atoms with Gasteiger partial charge in [-0.1, -0.05) is 6.92 Å². The summed E-state index contributed by atoms with van der Waals surface area (Å²) in [6.45, 7) is 6.91. The quantitative estimate of drug-likeness (QED) is 0.750. The van der Waals surface area contributed by atoms with Crippen molar-refractivity contribution in [2.75, 3.05) is 26.7 Å². The maximum atomic E-state index is 9.20. The summed E-state index contributed by atoms with van der Waals surface area (Å²) in [4.78, 5) is 6.35. The van der Waals surface area contributed by atoms with E-state index in [2.05, 4.69) is 40.5 Å². The summed E-state index contributed by atoms with van der Waals surface area (Å²) < 4.78 is 0. The predicted molar refractivity (Wildman–Crippen MR) is 82.4 cm³/mol. The Bertz CT molecular complexity index is 412. The van der Waals surface area contributed by atoms with Gasteiger partial charge in [-0.15, -0.1) is 0 Å². The van der Waals surface area contributed by atoms with Gasteiger partial charge in [-0.3, -0.25) is 10.3 Å². The normalized spacial score (nSPS) is 13.9. The topological polar surface area (TPSA) is 52.0 Å². The van der Waals surface area contributed by atoms with Gasteiger partial charge in [0.25, 0.3) is 0 Å². The molecule has 0 fully saturated rings. The molecule has 0 aromatic carbocycles. The van der Waals surface area contributed by atoms with E-state index in [1.165, 1.54) is 5.56 Å². The van der Waals surface area contributed by atoms with E-state index in [0.717, 1.165) is 38.9 Å². The first-order valence-corrected chi connectivity index (χ1v) is 7.33. The zero-order valence-electron chi connectivity index (χ0n) is 12.9. The van der Waals surface area contributed by atoms with Crippen molar-refractivity contribution in [2.24, 2.45) is 0 Å². The maximum absolute atomic E-state index is 9.20. The lowest BCUT2D eigenvalue weighted by molar-refractivity contribution is 0.308. The number of nitrogens with one attached hydrogen (secondary N) is 1. The second-order valence-corrected chi connectivity index (χ2v) is 5.49. The largest absolute Gasteiger partial charge is 0.306 e. The number of aromatic nitrogens is 1. The summed E-state index contributed by atoms with van der Waals surface area (Å²) in [6.07, 6.45) is 6.64. The minimum Gasteiger partial charge on any atom is -0.306 e. The smallest absolute Gasteiger partial charge is 0.103 e. The summed E-state index contributed by atoms with van der Waals surface area (Å²) in [5, 5.41) is 12.5.